The summed E-state index contributed by atoms with van der Waals surface area (Å²) >= 11 is 0. The van der Waals surface area contributed by atoms with Gasteiger partial charge < -0.3 is 0 Å². The Bertz CT molecular complexity index is 1970. The fraction of sp³-hybridized carbons (Fsp3) is 0.0769. The average molecular weight is 557 g/mol. The molecule has 6 aromatic rings. The normalized spacial score (nSPS) is 12.9. The first-order valence-electron chi connectivity index (χ1n) is 14.5. The zero-order chi connectivity index (χ0) is 28.8. The maximum absolute atomic E-state index is 5.22. The minimum absolute atomic E-state index is 0.753. The van der Waals surface area contributed by atoms with Gasteiger partial charge in [0.05, 0.1) is 11.4 Å². The molecule has 1 aliphatic heterocycles. The number of allylic oxidation sites excluding steroid dienone is 1. The first-order chi connectivity index (χ1) is 20.4. The zero-order valence-corrected chi connectivity index (χ0v) is 25.2. The van der Waals surface area contributed by atoms with Crippen LogP contribution in [0, 0.1) is 0 Å². The van der Waals surface area contributed by atoms with Crippen LogP contribution in [0.4, 0.5) is 0 Å². The lowest BCUT2D eigenvalue weighted by molar-refractivity contribution is 1.17. The van der Waals surface area contributed by atoms with Crippen LogP contribution >= 0.6 is 0 Å². The average Bonchev–Trinajstić information content (AvgIpc) is 3.27. The molecule has 3 heteroatoms. The summed E-state index contributed by atoms with van der Waals surface area (Å²) in [4.78, 5) is 10.4. The number of hydrogen-bond acceptors (Lipinski definition) is 2. The molecule has 0 amide bonds. The Morgan fingerprint density at radius 1 is 0.548 bits per heavy atom. The van der Waals surface area contributed by atoms with Gasteiger partial charge in [-0.1, -0.05) is 135 Å². The van der Waals surface area contributed by atoms with E-state index >= 15 is 0 Å². The van der Waals surface area contributed by atoms with Gasteiger partial charge in [-0.2, -0.15) is 0 Å². The van der Waals surface area contributed by atoms with Crippen molar-refractivity contribution in [3.05, 3.63) is 140 Å². The van der Waals surface area contributed by atoms with Crippen LogP contribution in [0.15, 0.2) is 134 Å². The molecule has 0 atom stereocenters. The van der Waals surface area contributed by atoms with E-state index in [1.165, 1.54) is 43.8 Å². The molecule has 42 heavy (non-hydrogen) atoms. The molecule has 0 saturated carbocycles. The molecule has 202 valence electrons. The highest BCUT2D eigenvalue weighted by molar-refractivity contribution is 7.04. The van der Waals surface area contributed by atoms with Crippen molar-refractivity contribution in [3.8, 4) is 56.0 Å². The van der Waals surface area contributed by atoms with Crippen molar-refractivity contribution in [3.63, 3.8) is 0 Å². The van der Waals surface area contributed by atoms with E-state index in [2.05, 4.69) is 154 Å². The van der Waals surface area contributed by atoms with Crippen LogP contribution in [-0.4, -0.2) is 18.0 Å². The second kappa shape index (κ2) is 10.2. The predicted molar refractivity (Wildman–Crippen MR) is 181 cm³/mol. The molecular weight excluding hydrogens is 525 g/mol. The molecule has 7 rings (SSSR count). The van der Waals surface area contributed by atoms with Crippen LogP contribution in [0.2, 0.25) is 13.1 Å². The van der Waals surface area contributed by atoms with E-state index in [-0.39, 0.29) is 0 Å². The number of rotatable bonds is 5. The van der Waals surface area contributed by atoms with Crippen molar-refractivity contribution >= 4 is 24.0 Å². The Morgan fingerprint density at radius 3 is 1.71 bits per heavy atom. The lowest BCUT2D eigenvalue weighted by Gasteiger charge is -2.21. The highest BCUT2D eigenvalue weighted by Gasteiger charge is 2.41. The van der Waals surface area contributed by atoms with Crippen molar-refractivity contribution in [1.29, 1.82) is 0 Å². The number of fused-ring (bicyclic) bond motifs is 3. The molecular formula is C39H32N2Si. The fourth-order valence-electron chi connectivity index (χ4n) is 6.26. The third kappa shape index (κ3) is 4.43. The van der Waals surface area contributed by atoms with Crippen LogP contribution in [0.3, 0.4) is 0 Å². The minimum Gasteiger partial charge on any atom is -0.228 e. The Hall–Kier alpha value is -4.86. The zero-order valence-electron chi connectivity index (χ0n) is 24.2. The van der Waals surface area contributed by atoms with E-state index in [0.717, 1.165) is 33.9 Å². The molecule has 2 nitrogen and oxygen atoms in total. The second-order valence-electron chi connectivity index (χ2n) is 11.7. The van der Waals surface area contributed by atoms with Crippen molar-refractivity contribution in [2.24, 2.45) is 0 Å². The summed E-state index contributed by atoms with van der Waals surface area (Å²) in [6.07, 6.45) is 0. The number of aromatic nitrogens is 2. The predicted octanol–water partition coefficient (Wildman–Crippen LogP) is 8.98. The van der Waals surface area contributed by atoms with Gasteiger partial charge in [0.15, 0.2) is 5.82 Å². The monoisotopic (exact) mass is 556 g/mol. The minimum atomic E-state index is -1.92. The SMILES string of the molecule is C=C(C)c1nc(-c2cccc(-c3cccc(-c4ccc(-c5ccccc5)cc4)c3)c2)nc2c1[Si](C)(C)c1ccccc1-2. The Kier molecular flexibility index (Phi) is 6.33. The molecule has 0 N–H and O–H groups in total. The molecule has 2 heterocycles. The second-order valence-corrected chi connectivity index (χ2v) is 16.0. The van der Waals surface area contributed by atoms with Crippen LogP contribution in [0.5, 0.6) is 0 Å². The molecule has 0 bridgehead atoms. The van der Waals surface area contributed by atoms with Gasteiger partial charge >= 0.3 is 0 Å². The number of hydrogen-bond donors (Lipinski definition) is 0. The third-order valence-corrected chi connectivity index (χ3v) is 11.9. The van der Waals surface area contributed by atoms with Gasteiger partial charge in [0, 0.05) is 5.56 Å². The lowest BCUT2D eigenvalue weighted by Crippen LogP contribution is -2.51. The Balaban J connectivity index is 1.27. The summed E-state index contributed by atoms with van der Waals surface area (Å²) in [6, 6.07) is 45.4. The van der Waals surface area contributed by atoms with E-state index in [0.29, 0.717) is 0 Å². The van der Waals surface area contributed by atoms with Gasteiger partial charge in [0.2, 0.25) is 0 Å². The van der Waals surface area contributed by atoms with E-state index in [4.69, 9.17) is 9.97 Å². The van der Waals surface area contributed by atoms with Crippen LogP contribution in [0.25, 0.3) is 61.6 Å². The summed E-state index contributed by atoms with van der Waals surface area (Å²) in [6.45, 7) is 11.2. The summed E-state index contributed by atoms with van der Waals surface area (Å²) in [5.74, 6) is 0.753. The highest BCUT2D eigenvalue weighted by atomic mass is 28.3. The molecule has 1 aromatic heterocycles. The van der Waals surface area contributed by atoms with Gasteiger partial charge in [-0.05, 0) is 73.9 Å². The van der Waals surface area contributed by atoms with E-state index in [1.54, 1.807) is 0 Å². The van der Waals surface area contributed by atoms with Crippen molar-refractivity contribution in [1.82, 2.24) is 9.97 Å². The van der Waals surface area contributed by atoms with Gasteiger partial charge in [-0.3, -0.25) is 0 Å². The smallest absolute Gasteiger partial charge is 0.160 e. The van der Waals surface area contributed by atoms with E-state index in [1.807, 2.05) is 0 Å². The highest BCUT2D eigenvalue weighted by Crippen LogP contribution is 2.34. The maximum atomic E-state index is 5.22. The number of nitrogens with zero attached hydrogens (tertiary/aromatic N) is 2. The van der Waals surface area contributed by atoms with Crippen LogP contribution < -0.4 is 10.4 Å². The molecule has 0 saturated heterocycles. The third-order valence-electron chi connectivity index (χ3n) is 8.44. The summed E-state index contributed by atoms with van der Waals surface area (Å²) in [5.41, 5.74) is 12.5. The van der Waals surface area contributed by atoms with Crippen LogP contribution in [-0.2, 0) is 0 Å². The molecule has 0 aliphatic carbocycles. The van der Waals surface area contributed by atoms with Gasteiger partial charge in [-0.15, -0.1) is 0 Å². The summed E-state index contributed by atoms with van der Waals surface area (Å²) < 4.78 is 0. The first-order valence-corrected chi connectivity index (χ1v) is 17.5. The Morgan fingerprint density at radius 2 is 1.05 bits per heavy atom. The Labute approximate surface area is 249 Å². The van der Waals surface area contributed by atoms with Gasteiger partial charge in [0.25, 0.3) is 0 Å². The lowest BCUT2D eigenvalue weighted by atomic mass is 9.96. The molecule has 0 unspecified atom stereocenters. The molecule has 1 aliphatic rings. The summed E-state index contributed by atoms with van der Waals surface area (Å²) in [5, 5.41) is 2.73. The maximum Gasteiger partial charge on any atom is 0.160 e. The van der Waals surface area contributed by atoms with Crippen molar-refractivity contribution < 1.29 is 0 Å². The van der Waals surface area contributed by atoms with Crippen LogP contribution in [0.1, 0.15) is 12.6 Å². The van der Waals surface area contributed by atoms with Crippen molar-refractivity contribution in [2.45, 2.75) is 20.0 Å². The van der Waals surface area contributed by atoms with E-state index in [9.17, 15) is 0 Å². The molecule has 0 radical (unpaired) electrons. The largest absolute Gasteiger partial charge is 0.228 e. The topological polar surface area (TPSA) is 25.8 Å². The van der Waals surface area contributed by atoms with E-state index < -0.39 is 8.07 Å². The standard InChI is InChI=1S/C39H32N2Si/c1-26(2)36-38-37(34-18-8-9-19-35(34)42(38,3)4)41-39(40-36)33-17-11-16-32(25-33)31-15-10-14-30(24-31)29-22-20-28(21-23-29)27-12-6-5-7-13-27/h5-25H,1H2,2-4H3. The molecule has 0 fully saturated rings. The van der Waals surface area contributed by atoms with Gasteiger partial charge in [-0.25, -0.2) is 9.97 Å². The fourth-order valence-corrected chi connectivity index (χ4v) is 9.56. The molecule has 5 aromatic carbocycles. The summed E-state index contributed by atoms with van der Waals surface area (Å²) in [7, 11) is -1.92. The van der Waals surface area contributed by atoms with Crippen molar-refractivity contribution in [2.75, 3.05) is 0 Å². The quantitative estimate of drug-likeness (QED) is 0.198. The molecule has 0 spiro atoms. The number of benzene rings is 5. The van der Waals surface area contributed by atoms with Gasteiger partial charge in [0.1, 0.15) is 8.07 Å². The first kappa shape index (κ1) is 26.1.